The molecule has 13 heavy (non-hydrogen) atoms. The molecule has 0 aromatic heterocycles. The molecule has 1 atom stereocenters. The molecule has 1 aliphatic heterocycles. The van der Waals surface area contributed by atoms with Crippen LogP contribution in [-0.2, 0) is 9.53 Å². The van der Waals surface area contributed by atoms with Gasteiger partial charge >= 0.3 is 0 Å². The number of aliphatic hydroxyl groups is 1. The largest absolute Gasteiger partial charge is 0.389 e. The number of nitrogens with zero attached hydrogens (tertiary/aromatic N) is 1. The van der Waals surface area contributed by atoms with Crippen molar-refractivity contribution in [2.45, 2.75) is 18.6 Å². The Balaban J connectivity index is 2.22. The van der Waals surface area contributed by atoms with Crippen LogP contribution < -0.4 is 5.73 Å². The maximum atomic E-state index is 11.4. The summed E-state index contributed by atoms with van der Waals surface area (Å²) in [4.78, 5) is 13.0. The Kier molecular flexibility index (Phi) is 3.65. The second kappa shape index (κ2) is 4.55. The standard InChI is InChI=1S/C8H16N2O3/c1-13-3-2-7(9)8(12)10-4-6(11)5-10/h6-7,11H,2-5,9H2,1H3. The van der Waals surface area contributed by atoms with Gasteiger partial charge in [0.1, 0.15) is 0 Å². The molecule has 0 spiro atoms. The van der Waals surface area contributed by atoms with Gasteiger partial charge in [0, 0.05) is 26.8 Å². The summed E-state index contributed by atoms with van der Waals surface area (Å²) >= 11 is 0. The minimum Gasteiger partial charge on any atom is -0.389 e. The molecular weight excluding hydrogens is 172 g/mol. The zero-order valence-corrected chi connectivity index (χ0v) is 7.77. The van der Waals surface area contributed by atoms with E-state index in [1.807, 2.05) is 0 Å². The first-order valence-corrected chi connectivity index (χ1v) is 4.36. The number of carbonyl (C=O) groups excluding carboxylic acids is 1. The summed E-state index contributed by atoms with van der Waals surface area (Å²) in [6.45, 7) is 1.32. The number of ether oxygens (including phenoxy) is 1. The van der Waals surface area contributed by atoms with Crippen LogP contribution in [0.25, 0.3) is 0 Å². The van der Waals surface area contributed by atoms with Gasteiger partial charge in [-0.3, -0.25) is 4.79 Å². The molecule has 1 aliphatic rings. The number of aliphatic hydroxyl groups excluding tert-OH is 1. The van der Waals surface area contributed by atoms with E-state index in [0.29, 0.717) is 26.1 Å². The Bertz CT molecular complexity index is 180. The number of hydrogen-bond acceptors (Lipinski definition) is 4. The molecule has 1 saturated heterocycles. The molecule has 1 rings (SSSR count). The average Bonchev–Trinajstić information content (AvgIpc) is 2.07. The van der Waals surface area contributed by atoms with Crippen LogP contribution >= 0.6 is 0 Å². The summed E-state index contributed by atoms with van der Waals surface area (Å²) in [5.41, 5.74) is 5.61. The first kappa shape index (κ1) is 10.4. The van der Waals surface area contributed by atoms with Crippen LogP contribution in [0, 0.1) is 0 Å². The normalized spacial score (nSPS) is 19.8. The SMILES string of the molecule is COCCC(N)C(=O)N1CC(O)C1. The highest BCUT2D eigenvalue weighted by Crippen LogP contribution is 2.09. The summed E-state index contributed by atoms with van der Waals surface area (Å²) < 4.78 is 4.82. The Hall–Kier alpha value is -0.650. The van der Waals surface area contributed by atoms with Crippen molar-refractivity contribution in [1.82, 2.24) is 4.90 Å². The molecule has 0 saturated carbocycles. The third-order valence-corrected chi connectivity index (χ3v) is 2.12. The monoisotopic (exact) mass is 188 g/mol. The number of nitrogens with two attached hydrogens (primary N) is 1. The van der Waals surface area contributed by atoms with E-state index in [0.717, 1.165) is 0 Å². The van der Waals surface area contributed by atoms with E-state index in [2.05, 4.69) is 0 Å². The van der Waals surface area contributed by atoms with Crippen LogP contribution in [0.1, 0.15) is 6.42 Å². The van der Waals surface area contributed by atoms with Crippen molar-refractivity contribution in [3.8, 4) is 0 Å². The van der Waals surface area contributed by atoms with E-state index < -0.39 is 6.04 Å². The summed E-state index contributed by atoms with van der Waals surface area (Å²) in [7, 11) is 1.57. The minimum absolute atomic E-state index is 0.0950. The fourth-order valence-corrected chi connectivity index (χ4v) is 1.24. The Morgan fingerprint density at radius 3 is 2.85 bits per heavy atom. The van der Waals surface area contributed by atoms with Gasteiger partial charge in [-0.15, -0.1) is 0 Å². The fraction of sp³-hybridized carbons (Fsp3) is 0.875. The van der Waals surface area contributed by atoms with Gasteiger partial charge in [0.25, 0.3) is 0 Å². The fourth-order valence-electron chi connectivity index (χ4n) is 1.24. The minimum atomic E-state index is -0.493. The first-order chi connectivity index (χ1) is 6.15. The van der Waals surface area contributed by atoms with Crippen molar-refractivity contribution >= 4 is 5.91 Å². The lowest BCUT2D eigenvalue weighted by Crippen LogP contribution is -2.58. The lowest BCUT2D eigenvalue weighted by molar-refractivity contribution is -0.143. The highest BCUT2D eigenvalue weighted by atomic mass is 16.5. The van der Waals surface area contributed by atoms with Crippen molar-refractivity contribution in [1.29, 1.82) is 0 Å². The number of methoxy groups -OCH3 is 1. The van der Waals surface area contributed by atoms with Crippen molar-refractivity contribution in [3.05, 3.63) is 0 Å². The van der Waals surface area contributed by atoms with Crippen LogP contribution in [0.5, 0.6) is 0 Å². The molecule has 0 aromatic carbocycles. The molecule has 0 radical (unpaired) electrons. The van der Waals surface area contributed by atoms with Gasteiger partial charge in [-0.05, 0) is 6.42 Å². The van der Waals surface area contributed by atoms with Crippen molar-refractivity contribution in [2.75, 3.05) is 26.8 Å². The molecule has 1 heterocycles. The predicted octanol–water partition coefficient (Wildman–Crippen LogP) is -1.45. The van der Waals surface area contributed by atoms with Crippen LogP contribution in [-0.4, -0.2) is 54.9 Å². The molecule has 3 N–H and O–H groups in total. The number of rotatable bonds is 4. The van der Waals surface area contributed by atoms with E-state index >= 15 is 0 Å². The topological polar surface area (TPSA) is 75.8 Å². The number of likely N-dealkylation sites (tertiary alicyclic amines) is 1. The van der Waals surface area contributed by atoms with Crippen LogP contribution in [0.4, 0.5) is 0 Å². The molecule has 76 valence electrons. The van der Waals surface area contributed by atoms with Gasteiger partial charge in [-0.1, -0.05) is 0 Å². The van der Waals surface area contributed by atoms with Gasteiger partial charge in [0.05, 0.1) is 12.1 Å². The van der Waals surface area contributed by atoms with Crippen LogP contribution in [0.2, 0.25) is 0 Å². The van der Waals surface area contributed by atoms with Gasteiger partial charge in [-0.25, -0.2) is 0 Å². The molecule has 1 unspecified atom stereocenters. The van der Waals surface area contributed by atoms with E-state index in [4.69, 9.17) is 15.6 Å². The quantitative estimate of drug-likeness (QED) is 0.566. The number of carbonyl (C=O) groups is 1. The number of hydrogen-bond donors (Lipinski definition) is 2. The molecule has 0 bridgehead atoms. The maximum Gasteiger partial charge on any atom is 0.239 e. The smallest absolute Gasteiger partial charge is 0.239 e. The Morgan fingerprint density at radius 1 is 1.77 bits per heavy atom. The summed E-state index contributed by atoms with van der Waals surface area (Å²) in [5.74, 6) is -0.0950. The van der Waals surface area contributed by atoms with Gasteiger partial charge < -0.3 is 20.5 Å². The highest BCUT2D eigenvalue weighted by Gasteiger charge is 2.31. The third kappa shape index (κ3) is 2.65. The molecule has 1 amide bonds. The predicted molar refractivity (Wildman–Crippen MR) is 47.1 cm³/mol. The summed E-state index contributed by atoms with van der Waals surface area (Å²) in [6, 6.07) is -0.493. The zero-order valence-electron chi connectivity index (χ0n) is 7.77. The van der Waals surface area contributed by atoms with Crippen molar-refractivity contribution < 1.29 is 14.6 Å². The van der Waals surface area contributed by atoms with Crippen LogP contribution in [0.3, 0.4) is 0 Å². The Labute approximate surface area is 77.5 Å². The lowest BCUT2D eigenvalue weighted by Gasteiger charge is -2.37. The van der Waals surface area contributed by atoms with E-state index in [1.54, 1.807) is 12.0 Å². The average molecular weight is 188 g/mol. The molecule has 5 heteroatoms. The van der Waals surface area contributed by atoms with E-state index in [1.165, 1.54) is 0 Å². The summed E-state index contributed by atoms with van der Waals surface area (Å²) in [5, 5.41) is 8.97. The lowest BCUT2D eigenvalue weighted by atomic mass is 10.1. The molecule has 5 nitrogen and oxygen atoms in total. The highest BCUT2D eigenvalue weighted by molar-refractivity contribution is 5.82. The maximum absolute atomic E-state index is 11.4. The first-order valence-electron chi connectivity index (χ1n) is 4.36. The number of β-amino-alcohol motifs (C(OH)–C–C–N with tert-alkyl or cyclic N) is 1. The van der Waals surface area contributed by atoms with Crippen molar-refractivity contribution in [2.24, 2.45) is 5.73 Å². The second-order valence-electron chi connectivity index (χ2n) is 3.29. The molecule has 0 aliphatic carbocycles. The summed E-state index contributed by atoms with van der Waals surface area (Å²) in [6.07, 6.45) is 0.167. The van der Waals surface area contributed by atoms with Crippen molar-refractivity contribution in [3.63, 3.8) is 0 Å². The molecular formula is C8H16N2O3. The van der Waals surface area contributed by atoms with E-state index in [-0.39, 0.29) is 12.0 Å². The third-order valence-electron chi connectivity index (χ3n) is 2.12. The second-order valence-corrected chi connectivity index (χ2v) is 3.29. The van der Waals surface area contributed by atoms with Gasteiger partial charge in [-0.2, -0.15) is 0 Å². The molecule has 0 aromatic rings. The number of amides is 1. The van der Waals surface area contributed by atoms with Gasteiger partial charge in [0.15, 0.2) is 0 Å². The van der Waals surface area contributed by atoms with E-state index in [9.17, 15) is 4.79 Å². The molecule has 1 fully saturated rings. The van der Waals surface area contributed by atoms with Crippen LogP contribution in [0.15, 0.2) is 0 Å². The Morgan fingerprint density at radius 2 is 2.38 bits per heavy atom. The zero-order chi connectivity index (χ0) is 9.84. The van der Waals surface area contributed by atoms with Gasteiger partial charge in [0.2, 0.25) is 5.91 Å².